The van der Waals surface area contributed by atoms with Crippen LogP contribution in [0.25, 0.3) is 0 Å². The number of rotatable bonds is 7. The maximum Gasteiger partial charge on any atom is 0.408 e. The average molecular weight is 318 g/mol. The lowest BCUT2D eigenvalue weighted by Gasteiger charge is -2.24. The maximum atomic E-state index is 11.8. The van der Waals surface area contributed by atoms with Crippen LogP contribution in [-0.4, -0.2) is 50.4 Å². The summed E-state index contributed by atoms with van der Waals surface area (Å²) in [4.78, 5) is 35.3. The molecule has 0 aromatic heterocycles. The summed E-state index contributed by atoms with van der Waals surface area (Å²) < 4.78 is 14.4. The molecule has 8 nitrogen and oxygen atoms in total. The molecule has 1 amide bonds. The molecule has 8 heteroatoms. The molecule has 0 bridgehead atoms. The summed E-state index contributed by atoms with van der Waals surface area (Å²) in [7, 11) is 2.45. The summed E-state index contributed by atoms with van der Waals surface area (Å²) >= 11 is 0. The van der Waals surface area contributed by atoms with Crippen molar-refractivity contribution in [2.75, 3.05) is 20.8 Å². The lowest BCUT2D eigenvalue weighted by molar-refractivity contribution is -0.148. The van der Waals surface area contributed by atoms with Crippen molar-refractivity contribution in [3.8, 4) is 0 Å². The Labute approximate surface area is 130 Å². The van der Waals surface area contributed by atoms with Crippen LogP contribution in [0.4, 0.5) is 4.79 Å². The van der Waals surface area contributed by atoms with Crippen LogP contribution in [0.3, 0.4) is 0 Å². The summed E-state index contributed by atoms with van der Waals surface area (Å²) in [6, 6.07) is -1.02. The summed E-state index contributed by atoms with van der Waals surface area (Å²) in [5.41, 5.74) is 4.75. The van der Waals surface area contributed by atoms with Gasteiger partial charge in [0.2, 0.25) is 0 Å². The Kier molecular flexibility index (Phi) is 8.47. The Bertz CT molecular complexity index is 391. The van der Waals surface area contributed by atoms with Gasteiger partial charge in [-0.15, -0.1) is 0 Å². The van der Waals surface area contributed by atoms with Gasteiger partial charge in [-0.3, -0.25) is 4.79 Å². The van der Waals surface area contributed by atoms with E-state index in [1.807, 2.05) is 0 Å². The van der Waals surface area contributed by atoms with Crippen molar-refractivity contribution in [2.24, 2.45) is 11.7 Å². The first-order valence-corrected chi connectivity index (χ1v) is 6.99. The SMILES string of the molecule is COC(=O)C(CCN)CC(NC(=O)OC(C)(C)C)C(=O)OC. The summed E-state index contributed by atoms with van der Waals surface area (Å²) in [6.07, 6.45) is -0.411. The third-order valence-corrected chi connectivity index (χ3v) is 2.75. The molecule has 3 N–H and O–H groups in total. The molecule has 0 aliphatic rings. The molecule has 0 aromatic carbocycles. The van der Waals surface area contributed by atoms with Crippen molar-refractivity contribution in [2.45, 2.75) is 45.3 Å². The lowest BCUT2D eigenvalue weighted by atomic mass is 9.96. The second-order valence-corrected chi connectivity index (χ2v) is 5.76. The van der Waals surface area contributed by atoms with Crippen LogP contribution in [-0.2, 0) is 23.8 Å². The van der Waals surface area contributed by atoms with Crippen LogP contribution in [0.5, 0.6) is 0 Å². The molecule has 0 spiro atoms. The minimum atomic E-state index is -1.02. The smallest absolute Gasteiger partial charge is 0.408 e. The fourth-order valence-electron chi connectivity index (χ4n) is 1.79. The predicted octanol–water partition coefficient (Wildman–Crippen LogP) is 0.581. The lowest BCUT2D eigenvalue weighted by Crippen LogP contribution is -2.45. The van der Waals surface area contributed by atoms with Gasteiger partial charge in [0.15, 0.2) is 0 Å². The highest BCUT2D eigenvalue weighted by Crippen LogP contribution is 2.15. The normalized spacial score (nSPS) is 13.7. The van der Waals surface area contributed by atoms with Gasteiger partial charge in [0.05, 0.1) is 20.1 Å². The van der Waals surface area contributed by atoms with Gasteiger partial charge < -0.3 is 25.3 Å². The van der Waals surface area contributed by atoms with Crippen LogP contribution >= 0.6 is 0 Å². The number of methoxy groups -OCH3 is 2. The number of carbonyl (C=O) groups excluding carboxylic acids is 3. The monoisotopic (exact) mass is 318 g/mol. The number of hydrogen-bond acceptors (Lipinski definition) is 7. The summed E-state index contributed by atoms with van der Waals surface area (Å²) in [5, 5.41) is 2.41. The molecule has 0 aliphatic heterocycles. The molecule has 0 saturated heterocycles. The van der Waals surface area contributed by atoms with Gasteiger partial charge in [0.25, 0.3) is 0 Å². The van der Waals surface area contributed by atoms with Crippen molar-refractivity contribution >= 4 is 18.0 Å². The maximum absolute atomic E-state index is 11.8. The van der Waals surface area contributed by atoms with E-state index in [0.29, 0.717) is 6.42 Å². The molecular formula is C14H26N2O6. The molecule has 0 saturated carbocycles. The number of ether oxygens (including phenoxy) is 3. The quantitative estimate of drug-likeness (QED) is 0.521. The second-order valence-electron chi connectivity index (χ2n) is 5.76. The van der Waals surface area contributed by atoms with Gasteiger partial charge in [0.1, 0.15) is 11.6 Å². The van der Waals surface area contributed by atoms with Crippen LogP contribution < -0.4 is 11.1 Å². The van der Waals surface area contributed by atoms with E-state index >= 15 is 0 Å². The molecule has 0 fully saturated rings. The molecule has 128 valence electrons. The van der Waals surface area contributed by atoms with E-state index in [0.717, 1.165) is 0 Å². The summed E-state index contributed by atoms with van der Waals surface area (Å²) in [5.74, 6) is -1.78. The number of esters is 2. The van der Waals surface area contributed by atoms with E-state index in [9.17, 15) is 14.4 Å². The minimum absolute atomic E-state index is 0.0236. The number of nitrogens with one attached hydrogen (secondary N) is 1. The third-order valence-electron chi connectivity index (χ3n) is 2.75. The molecule has 0 radical (unpaired) electrons. The molecule has 0 heterocycles. The van der Waals surface area contributed by atoms with E-state index in [2.05, 4.69) is 14.8 Å². The average Bonchev–Trinajstić information content (AvgIpc) is 2.42. The van der Waals surface area contributed by atoms with E-state index in [-0.39, 0.29) is 13.0 Å². The molecule has 0 aliphatic carbocycles. The standard InChI is InChI=1S/C14H26N2O6/c1-14(2,3)22-13(19)16-10(12(18)21-5)8-9(6-7-15)11(17)20-4/h9-10H,6-8,15H2,1-5H3,(H,16,19). The highest BCUT2D eigenvalue weighted by Gasteiger charge is 2.30. The molecule has 2 unspecified atom stereocenters. The third kappa shape index (κ3) is 7.82. The molecule has 0 aromatic rings. The van der Waals surface area contributed by atoms with Gasteiger partial charge in [-0.25, -0.2) is 9.59 Å². The van der Waals surface area contributed by atoms with Crippen LogP contribution in [0.2, 0.25) is 0 Å². The molecule has 2 atom stereocenters. The van der Waals surface area contributed by atoms with Gasteiger partial charge in [-0.2, -0.15) is 0 Å². The topological polar surface area (TPSA) is 117 Å². The Balaban J connectivity index is 4.93. The second kappa shape index (κ2) is 9.24. The van der Waals surface area contributed by atoms with E-state index in [1.54, 1.807) is 20.8 Å². The Morgan fingerprint density at radius 1 is 1.09 bits per heavy atom. The Hall–Kier alpha value is -1.83. The van der Waals surface area contributed by atoms with Crippen molar-refractivity contribution in [1.29, 1.82) is 0 Å². The van der Waals surface area contributed by atoms with Crippen LogP contribution in [0.15, 0.2) is 0 Å². The minimum Gasteiger partial charge on any atom is -0.469 e. The van der Waals surface area contributed by atoms with Crippen molar-refractivity contribution in [3.63, 3.8) is 0 Å². The van der Waals surface area contributed by atoms with Gasteiger partial charge in [-0.1, -0.05) is 0 Å². The fourth-order valence-corrected chi connectivity index (χ4v) is 1.79. The first-order chi connectivity index (χ1) is 10.1. The number of amides is 1. The van der Waals surface area contributed by atoms with E-state index in [4.69, 9.17) is 10.5 Å². The molecular weight excluding hydrogens is 292 g/mol. The highest BCUT2D eigenvalue weighted by atomic mass is 16.6. The first-order valence-electron chi connectivity index (χ1n) is 6.99. The van der Waals surface area contributed by atoms with Crippen molar-refractivity contribution < 1.29 is 28.6 Å². The zero-order valence-corrected chi connectivity index (χ0v) is 13.8. The van der Waals surface area contributed by atoms with Gasteiger partial charge in [-0.05, 0) is 40.2 Å². The van der Waals surface area contributed by atoms with Gasteiger partial charge in [0, 0.05) is 0 Å². The van der Waals surface area contributed by atoms with Gasteiger partial charge >= 0.3 is 18.0 Å². The predicted molar refractivity (Wildman–Crippen MR) is 79.0 cm³/mol. The molecule has 0 rings (SSSR count). The summed E-state index contributed by atoms with van der Waals surface area (Å²) in [6.45, 7) is 5.35. The number of carbonyl (C=O) groups is 3. The number of alkyl carbamates (subject to hydrolysis) is 1. The van der Waals surface area contributed by atoms with E-state index in [1.165, 1.54) is 14.2 Å². The van der Waals surface area contributed by atoms with Crippen LogP contribution in [0, 0.1) is 5.92 Å². The first kappa shape index (κ1) is 20.2. The highest BCUT2D eigenvalue weighted by molar-refractivity contribution is 5.82. The Morgan fingerprint density at radius 3 is 2.05 bits per heavy atom. The van der Waals surface area contributed by atoms with Crippen molar-refractivity contribution in [1.82, 2.24) is 5.32 Å². The Morgan fingerprint density at radius 2 is 1.64 bits per heavy atom. The van der Waals surface area contributed by atoms with Crippen molar-refractivity contribution in [3.05, 3.63) is 0 Å². The van der Waals surface area contributed by atoms with Crippen LogP contribution in [0.1, 0.15) is 33.6 Å². The zero-order chi connectivity index (χ0) is 17.3. The number of hydrogen-bond donors (Lipinski definition) is 2. The molecule has 22 heavy (non-hydrogen) atoms. The zero-order valence-electron chi connectivity index (χ0n) is 13.8. The fraction of sp³-hybridized carbons (Fsp3) is 0.786. The van der Waals surface area contributed by atoms with E-state index < -0.39 is 35.6 Å². The number of nitrogens with two attached hydrogens (primary N) is 1. The largest absolute Gasteiger partial charge is 0.469 e.